The molecule has 3 nitrogen and oxygen atoms in total. The van der Waals surface area contributed by atoms with E-state index in [2.05, 4.69) is 21.2 Å². The van der Waals surface area contributed by atoms with E-state index in [0.29, 0.717) is 0 Å². The van der Waals surface area contributed by atoms with Crippen LogP contribution in [0.2, 0.25) is 5.02 Å². The molecular formula is C10H10BrClF3NO2. The molecule has 18 heavy (non-hydrogen) atoms. The highest BCUT2D eigenvalue weighted by Crippen LogP contribution is 2.40. The number of anilines is 1. The van der Waals surface area contributed by atoms with Crippen molar-refractivity contribution >= 4 is 33.2 Å². The SMILES string of the molecule is OCC(O)CNc1c(Br)cc(Cl)cc1C(F)(F)F. The van der Waals surface area contributed by atoms with Gasteiger partial charge in [0.1, 0.15) is 0 Å². The topological polar surface area (TPSA) is 52.5 Å². The lowest BCUT2D eigenvalue weighted by molar-refractivity contribution is -0.137. The molecule has 1 atom stereocenters. The van der Waals surface area contributed by atoms with Gasteiger partial charge in [-0.25, -0.2) is 0 Å². The quantitative estimate of drug-likeness (QED) is 0.784. The Morgan fingerprint density at radius 2 is 2.00 bits per heavy atom. The normalized spacial score (nSPS) is 13.5. The summed E-state index contributed by atoms with van der Waals surface area (Å²) in [5.74, 6) is 0. The molecule has 0 aliphatic rings. The molecule has 1 unspecified atom stereocenters. The molecule has 102 valence electrons. The number of hydrogen-bond acceptors (Lipinski definition) is 3. The summed E-state index contributed by atoms with van der Waals surface area (Å²) in [6.45, 7) is -0.751. The molecule has 0 aromatic heterocycles. The van der Waals surface area contributed by atoms with E-state index in [0.717, 1.165) is 6.07 Å². The second-order valence-electron chi connectivity index (χ2n) is 3.53. The van der Waals surface area contributed by atoms with E-state index in [4.69, 9.17) is 21.8 Å². The van der Waals surface area contributed by atoms with Crippen molar-refractivity contribution in [1.82, 2.24) is 0 Å². The molecule has 0 saturated carbocycles. The number of rotatable bonds is 4. The van der Waals surface area contributed by atoms with Crippen molar-refractivity contribution < 1.29 is 23.4 Å². The zero-order chi connectivity index (χ0) is 13.9. The predicted octanol–water partition coefficient (Wildman–Crippen LogP) is 2.89. The third-order valence-electron chi connectivity index (χ3n) is 2.09. The van der Waals surface area contributed by atoms with Gasteiger partial charge in [-0.3, -0.25) is 0 Å². The Balaban J connectivity index is 3.08. The molecule has 0 saturated heterocycles. The van der Waals surface area contributed by atoms with Crippen LogP contribution in [0.4, 0.5) is 18.9 Å². The van der Waals surface area contributed by atoms with Crippen LogP contribution in [0.5, 0.6) is 0 Å². The summed E-state index contributed by atoms with van der Waals surface area (Å²) in [6, 6.07) is 2.10. The van der Waals surface area contributed by atoms with Crippen molar-refractivity contribution in [3.8, 4) is 0 Å². The molecule has 0 radical (unpaired) electrons. The maximum atomic E-state index is 12.8. The summed E-state index contributed by atoms with van der Waals surface area (Å²) in [6.07, 6.45) is -5.71. The van der Waals surface area contributed by atoms with E-state index in [1.54, 1.807) is 0 Å². The summed E-state index contributed by atoms with van der Waals surface area (Å²) in [4.78, 5) is 0. The van der Waals surface area contributed by atoms with Gasteiger partial charge < -0.3 is 15.5 Å². The van der Waals surface area contributed by atoms with E-state index in [1.807, 2.05) is 0 Å². The fraction of sp³-hybridized carbons (Fsp3) is 0.400. The molecule has 0 aliphatic carbocycles. The number of benzene rings is 1. The van der Waals surface area contributed by atoms with Crippen LogP contribution < -0.4 is 5.32 Å². The first-order chi connectivity index (χ1) is 8.25. The molecule has 0 fully saturated rings. The maximum absolute atomic E-state index is 12.8. The van der Waals surface area contributed by atoms with E-state index in [9.17, 15) is 13.2 Å². The Labute approximate surface area is 115 Å². The summed E-state index contributed by atoms with van der Waals surface area (Å²) in [5.41, 5.74) is -1.16. The standard InChI is InChI=1S/C10H10BrClF3NO2/c11-8-2-5(12)1-7(10(13,14)15)9(8)16-3-6(18)4-17/h1-2,6,16-18H,3-4H2. The van der Waals surface area contributed by atoms with Gasteiger partial charge in [-0.15, -0.1) is 0 Å². The van der Waals surface area contributed by atoms with Crippen LogP contribution in [0, 0.1) is 0 Å². The van der Waals surface area contributed by atoms with Gasteiger partial charge in [-0.05, 0) is 28.1 Å². The van der Waals surface area contributed by atoms with Gasteiger partial charge in [0, 0.05) is 16.0 Å². The lowest BCUT2D eigenvalue weighted by Crippen LogP contribution is -2.24. The van der Waals surface area contributed by atoms with Crippen molar-refractivity contribution in [2.24, 2.45) is 0 Å². The van der Waals surface area contributed by atoms with Gasteiger partial charge in [0.2, 0.25) is 0 Å². The first-order valence-electron chi connectivity index (χ1n) is 4.84. The molecular weight excluding hydrogens is 338 g/mol. The van der Waals surface area contributed by atoms with Crippen LogP contribution in [0.15, 0.2) is 16.6 Å². The Morgan fingerprint density at radius 1 is 1.39 bits per heavy atom. The summed E-state index contributed by atoms with van der Waals surface area (Å²) in [5, 5.41) is 20.1. The third kappa shape index (κ3) is 4.01. The molecule has 1 rings (SSSR count). The van der Waals surface area contributed by atoms with Crippen LogP contribution in [0.3, 0.4) is 0 Å². The highest BCUT2D eigenvalue weighted by Gasteiger charge is 2.35. The van der Waals surface area contributed by atoms with Gasteiger partial charge in [0.05, 0.1) is 24.0 Å². The average Bonchev–Trinajstić information content (AvgIpc) is 2.25. The molecule has 0 amide bonds. The Bertz CT molecular complexity index is 428. The summed E-state index contributed by atoms with van der Waals surface area (Å²) >= 11 is 8.54. The molecule has 3 N–H and O–H groups in total. The fourth-order valence-corrected chi connectivity index (χ4v) is 2.21. The van der Waals surface area contributed by atoms with E-state index in [-0.39, 0.29) is 21.7 Å². The lowest BCUT2D eigenvalue weighted by atomic mass is 10.1. The molecule has 0 aliphatic heterocycles. The van der Waals surface area contributed by atoms with Gasteiger partial charge in [-0.2, -0.15) is 13.2 Å². The molecule has 1 aromatic rings. The van der Waals surface area contributed by atoms with E-state index >= 15 is 0 Å². The summed E-state index contributed by atoms with van der Waals surface area (Å²) in [7, 11) is 0. The van der Waals surface area contributed by atoms with E-state index < -0.39 is 24.5 Å². The second-order valence-corrected chi connectivity index (χ2v) is 4.82. The highest BCUT2D eigenvalue weighted by molar-refractivity contribution is 9.10. The Hall–Kier alpha value is -0.500. The van der Waals surface area contributed by atoms with Crippen molar-refractivity contribution in [2.45, 2.75) is 12.3 Å². The number of nitrogens with one attached hydrogen (secondary N) is 1. The number of hydrogen-bond donors (Lipinski definition) is 3. The van der Waals surface area contributed by atoms with Crippen LogP contribution in [-0.2, 0) is 6.18 Å². The first kappa shape index (κ1) is 15.6. The van der Waals surface area contributed by atoms with Gasteiger partial charge in [0.25, 0.3) is 0 Å². The molecule has 0 spiro atoms. The van der Waals surface area contributed by atoms with Crippen molar-refractivity contribution in [1.29, 1.82) is 0 Å². The lowest BCUT2D eigenvalue weighted by Gasteiger charge is -2.18. The largest absolute Gasteiger partial charge is 0.418 e. The zero-order valence-corrected chi connectivity index (χ0v) is 11.3. The smallest absolute Gasteiger partial charge is 0.394 e. The van der Waals surface area contributed by atoms with Crippen molar-refractivity contribution in [3.63, 3.8) is 0 Å². The highest BCUT2D eigenvalue weighted by atomic mass is 79.9. The minimum atomic E-state index is -4.57. The van der Waals surface area contributed by atoms with Gasteiger partial charge in [-0.1, -0.05) is 11.6 Å². The number of aliphatic hydroxyl groups is 2. The minimum absolute atomic E-state index is 0.0533. The second kappa shape index (κ2) is 6.10. The van der Waals surface area contributed by atoms with Crippen LogP contribution in [0.1, 0.15) is 5.56 Å². The first-order valence-corrected chi connectivity index (χ1v) is 6.02. The molecule has 0 bridgehead atoms. The average molecular weight is 349 g/mol. The third-order valence-corrected chi connectivity index (χ3v) is 2.93. The fourth-order valence-electron chi connectivity index (χ4n) is 1.26. The van der Waals surface area contributed by atoms with Crippen LogP contribution in [-0.4, -0.2) is 29.5 Å². The molecule has 8 heteroatoms. The van der Waals surface area contributed by atoms with Gasteiger partial charge in [0.15, 0.2) is 0 Å². The predicted molar refractivity (Wildman–Crippen MR) is 65.7 cm³/mol. The summed E-state index contributed by atoms with van der Waals surface area (Å²) < 4.78 is 38.5. The number of aliphatic hydroxyl groups excluding tert-OH is 2. The monoisotopic (exact) mass is 347 g/mol. The van der Waals surface area contributed by atoms with Crippen molar-refractivity contribution in [3.05, 3.63) is 27.2 Å². The van der Waals surface area contributed by atoms with Gasteiger partial charge >= 0.3 is 6.18 Å². The molecule has 1 aromatic carbocycles. The van der Waals surface area contributed by atoms with Crippen LogP contribution in [0.25, 0.3) is 0 Å². The van der Waals surface area contributed by atoms with Crippen molar-refractivity contribution in [2.75, 3.05) is 18.5 Å². The minimum Gasteiger partial charge on any atom is -0.394 e. The van der Waals surface area contributed by atoms with E-state index in [1.165, 1.54) is 6.07 Å². The molecule has 0 heterocycles. The Kier molecular flexibility index (Phi) is 5.27. The van der Waals surface area contributed by atoms with Crippen LogP contribution >= 0.6 is 27.5 Å². The maximum Gasteiger partial charge on any atom is 0.418 e. The Morgan fingerprint density at radius 3 is 2.50 bits per heavy atom. The number of alkyl halides is 3. The zero-order valence-electron chi connectivity index (χ0n) is 8.93. The number of halogens is 5.